The molecule has 1 aromatic rings. The summed E-state index contributed by atoms with van der Waals surface area (Å²) in [5.74, 6) is 0. The number of unbranched alkanes of at least 4 members (excludes halogenated alkanes) is 5. The van der Waals surface area contributed by atoms with Gasteiger partial charge in [0.15, 0.2) is 0 Å². The first-order chi connectivity index (χ1) is 9.47. The molecule has 0 spiro atoms. The lowest BCUT2D eigenvalue weighted by molar-refractivity contribution is 0.599. The topological polar surface area (TPSA) is 46.5 Å². The maximum absolute atomic E-state index is 12.0. The van der Waals surface area contributed by atoms with Crippen LogP contribution in [-0.2, 0) is 10.0 Å². The monoisotopic (exact) mass is 441 g/mol. The Hall–Kier alpha value is 0.280. The summed E-state index contributed by atoms with van der Waals surface area (Å²) >= 11 is 8.17. The SMILES string of the molecule is CCCCCCCCC1=NS(=O)(=O)c2c(Br)sc(Br)c21. The van der Waals surface area contributed by atoms with Gasteiger partial charge in [0, 0.05) is 5.56 Å². The van der Waals surface area contributed by atoms with E-state index in [1.54, 1.807) is 0 Å². The van der Waals surface area contributed by atoms with E-state index in [1.165, 1.54) is 37.0 Å². The molecule has 0 N–H and O–H groups in total. The van der Waals surface area contributed by atoms with Gasteiger partial charge < -0.3 is 0 Å². The van der Waals surface area contributed by atoms with Crippen molar-refractivity contribution in [1.82, 2.24) is 0 Å². The number of sulfonamides is 1. The summed E-state index contributed by atoms with van der Waals surface area (Å²) < 4.78 is 29.5. The minimum atomic E-state index is -3.49. The van der Waals surface area contributed by atoms with Crippen LogP contribution in [0.25, 0.3) is 0 Å². The maximum atomic E-state index is 12.0. The fraction of sp³-hybridized carbons (Fsp3) is 0.615. The van der Waals surface area contributed by atoms with E-state index in [0.717, 1.165) is 28.6 Å². The van der Waals surface area contributed by atoms with Crippen LogP contribution in [0.4, 0.5) is 0 Å². The average Bonchev–Trinajstić information content (AvgIpc) is 2.81. The molecule has 1 aliphatic rings. The number of hydrogen-bond donors (Lipinski definition) is 0. The summed E-state index contributed by atoms with van der Waals surface area (Å²) in [5.41, 5.74) is 1.49. The van der Waals surface area contributed by atoms with Crippen LogP contribution in [0.15, 0.2) is 16.9 Å². The highest BCUT2D eigenvalue weighted by Gasteiger charge is 2.35. The average molecular weight is 443 g/mol. The highest BCUT2D eigenvalue weighted by atomic mass is 79.9. The van der Waals surface area contributed by atoms with Crippen molar-refractivity contribution in [2.45, 2.75) is 56.8 Å². The summed E-state index contributed by atoms with van der Waals surface area (Å²) in [6, 6.07) is 0. The van der Waals surface area contributed by atoms with Crippen molar-refractivity contribution in [3.05, 3.63) is 13.1 Å². The van der Waals surface area contributed by atoms with Gasteiger partial charge in [-0.05, 0) is 44.7 Å². The highest BCUT2D eigenvalue weighted by molar-refractivity contribution is 9.12. The quantitative estimate of drug-likeness (QED) is 0.522. The smallest absolute Gasteiger partial charge is 0.199 e. The van der Waals surface area contributed by atoms with Gasteiger partial charge in [-0.15, -0.1) is 11.3 Å². The first kappa shape index (κ1) is 16.6. The molecule has 3 nitrogen and oxygen atoms in total. The zero-order valence-electron chi connectivity index (χ0n) is 11.3. The number of fused-ring (bicyclic) bond motifs is 1. The van der Waals surface area contributed by atoms with Crippen LogP contribution in [0, 0.1) is 0 Å². The Morgan fingerprint density at radius 1 is 1.05 bits per heavy atom. The van der Waals surface area contributed by atoms with Crippen molar-refractivity contribution in [2.75, 3.05) is 0 Å². The molecular weight excluding hydrogens is 426 g/mol. The molecule has 0 saturated carbocycles. The van der Waals surface area contributed by atoms with E-state index in [-0.39, 0.29) is 0 Å². The van der Waals surface area contributed by atoms with Gasteiger partial charge in [-0.2, -0.15) is 12.8 Å². The standard InChI is InChI=1S/C13H17Br2NO2S2/c1-2-3-4-5-6-7-8-9-10-11(20(17,18)16-9)13(15)19-12(10)14/h2-8H2,1H3. The first-order valence-electron chi connectivity index (χ1n) is 6.79. The summed E-state index contributed by atoms with van der Waals surface area (Å²) in [6.45, 7) is 2.20. The van der Waals surface area contributed by atoms with Gasteiger partial charge in [0.25, 0.3) is 10.0 Å². The second-order valence-corrected chi connectivity index (χ2v) is 10.1. The van der Waals surface area contributed by atoms with Crippen molar-refractivity contribution in [3.8, 4) is 0 Å². The molecule has 20 heavy (non-hydrogen) atoms. The van der Waals surface area contributed by atoms with Gasteiger partial charge in [0.05, 0.1) is 13.3 Å². The van der Waals surface area contributed by atoms with Gasteiger partial charge in [-0.25, -0.2) is 0 Å². The van der Waals surface area contributed by atoms with Crippen molar-refractivity contribution in [3.63, 3.8) is 0 Å². The van der Waals surface area contributed by atoms with E-state index in [1.807, 2.05) is 0 Å². The van der Waals surface area contributed by atoms with E-state index >= 15 is 0 Å². The van der Waals surface area contributed by atoms with Gasteiger partial charge in [-0.1, -0.05) is 39.0 Å². The Morgan fingerprint density at radius 2 is 1.70 bits per heavy atom. The van der Waals surface area contributed by atoms with Crippen LogP contribution < -0.4 is 0 Å². The molecule has 0 saturated heterocycles. The van der Waals surface area contributed by atoms with Crippen molar-refractivity contribution in [2.24, 2.45) is 4.40 Å². The van der Waals surface area contributed by atoms with E-state index < -0.39 is 10.0 Å². The molecular formula is C13H17Br2NO2S2. The number of nitrogens with zero attached hydrogens (tertiary/aromatic N) is 1. The Kier molecular flexibility index (Phi) is 5.85. The predicted molar refractivity (Wildman–Crippen MR) is 91.4 cm³/mol. The third kappa shape index (κ3) is 3.54. The van der Waals surface area contributed by atoms with Crippen LogP contribution in [0.3, 0.4) is 0 Å². The fourth-order valence-corrected chi connectivity index (χ4v) is 7.74. The van der Waals surface area contributed by atoms with Crippen LogP contribution in [0.2, 0.25) is 0 Å². The minimum absolute atomic E-state index is 0.343. The highest BCUT2D eigenvalue weighted by Crippen LogP contribution is 2.44. The second kappa shape index (κ2) is 7.03. The first-order valence-corrected chi connectivity index (χ1v) is 10.6. The van der Waals surface area contributed by atoms with Gasteiger partial charge in [0.2, 0.25) is 0 Å². The van der Waals surface area contributed by atoms with E-state index in [2.05, 4.69) is 43.2 Å². The molecule has 2 heterocycles. The van der Waals surface area contributed by atoms with Crippen molar-refractivity contribution in [1.29, 1.82) is 0 Å². The van der Waals surface area contributed by atoms with Crippen LogP contribution in [0.5, 0.6) is 0 Å². The molecule has 0 aliphatic carbocycles. The normalized spacial score (nSPS) is 16.2. The molecule has 112 valence electrons. The summed E-state index contributed by atoms with van der Waals surface area (Å²) in [7, 11) is -3.49. The predicted octanol–water partition coefficient (Wildman–Crippen LogP) is 5.52. The zero-order chi connectivity index (χ0) is 14.8. The maximum Gasteiger partial charge on any atom is 0.285 e. The molecule has 1 aliphatic heterocycles. The number of thiophene rings is 1. The molecule has 0 aromatic carbocycles. The molecule has 0 unspecified atom stereocenters. The Morgan fingerprint density at radius 3 is 2.40 bits per heavy atom. The molecule has 2 rings (SSSR count). The number of rotatable bonds is 7. The van der Waals surface area contributed by atoms with Gasteiger partial charge in [0.1, 0.15) is 4.90 Å². The number of hydrogen-bond acceptors (Lipinski definition) is 3. The van der Waals surface area contributed by atoms with Crippen LogP contribution >= 0.6 is 43.2 Å². The third-order valence-electron chi connectivity index (χ3n) is 3.33. The lowest BCUT2D eigenvalue weighted by Gasteiger charge is -2.01. The van der Waals surface area contributed by atoms with Crippen LogP contribution in [-0.4, -0.2) is 14.1 Å². The molecule has 0 atom stereocenters. The third-order valence-corrected chi connectivity index (χ3v) is 7.63. The van der Waals surface area contributed by atoms with E-state index in [9.17, 15) is 8.42 Å². The number of halogens is 2. The second-order valence-electron chi connectivity index (χ2n) is 4.88. The molecule has 0 fully saturated rings. The molecule has 1 aromatic heterocycles. The summed E-state index contributed by atoms with van der Waals surface area (Å²) in [5, 5.41) is 0. The van der Waals surface area contributed by atoms with Gasteiger partial charge in [-0.3, -0.25) is 0 Å². The zero-order valence-corrected chi connectivity index (χ0v) is 16.1. The molecule has 0 amide bonds. The Labute approximate surface area is 141 Å². The lowest BCUT2D eigenvalue weighted by atomic mass is 10.0. The fourth-order valence-electron chi connectivity index (χ4n) is 2.32. The lowest BCUT2D eigenvalue weighted by Crippen LogP contribution is -1.97. The molecule has 7 heteroatoms. The van der Waals surface area contributed by atoms with E-state index in [4.69, 9.17) is 0 Å². The van der Waals surface area contributed by atoms with Crippen LogP contribution in [0.1, 0.15) is 57.4 Å². The molecule has 0 bridgehead atoms. The minimum Gasteiger partial charge on any atom is -0.199 e. The van der Waals surface area contributed by atoms with Crippen molar-refractivity contribution >= 4 is 58.9 Å². The Bertz CT molecular complexity index is 621. The summed E-state index contributed by atoms with van der Waals surface area (Å²) in [6.07, 6.45) is 7.87. The Balaban J connectivity index is 2.01. The largest absolute Gasteiger partial charge is 0.285 e. The van der Waals surface area contributed by atoms with Gasteiger partial charge >= 0.3 is 0 Å². The van der Waals surface area contributed by atoms with E-state index in [0.29, 0.717) is 14.4 Å². The summed E-state index contributed by atoms with van der Waals surface area (Å²) in [4.78, 5) is 0.343. The van der Waals surface area contributed by atoms with Crippen molar-refractivity contribution < 1.29 is 8.42 Å². The molecule has 0 radical (unpaired) electrons.